The molecule has 2 aliphatic rings. The Balaban J connectivity index is 1.51. The van der Waals surface area contributed by atoms with Crippen LogP contribution >= 0.6 is 0 Å². The molecule has 0 saturated carbocycles. The summed E-state index contributed by atoms with van der Waals surface area (Å²) in [5.41, 5.74) is 3.85. The number of aryl methyl sites for hydroxylation is 2. The largest absolute Gasteiger partial charge is 0.396 e. The van der Waals surface area contributed by atoms with Gasteiger partial charge in [-0.15, -0.1) is 0 Å². The van der Waals surface area contributed by atoms with Crippen LogP contribution in [0.3, 0.4) is 0 Å². The molecule has 0 amide bonds. The van der Waals surface area contributed by atoms with Crippen LogP contribution in [0.1, 0.15) is 41.9 Å². The van der Waals surface area contributed by atoms with Gasteiger partial charge in [-0.2, -0.15) is 0 Å². The van der Waals surface area contributed by atoms with Gasteiger partial charge in [0.25, 0.3) is 0 Å². The van der Waals surface area contributed by atoms with Crippen molar-refractivity contribution in [3.05, 3.63) is 53.0 Å². The summed E-state index contributed by atoms with van der Waals surface area (Å²) >= 11 is 0. The number of nitrogens with zero attached hydrogens (tertiary/aromatic N) is 3. The molecule has 2 N–H and O–H groups in total. The van der Waals surface area contributed by atoms with Crippen molar-refractivity contribution in [1.82, 2.24) is 14.9 Å². The monoisotopic (exact) mass is 366 g/mol. The third-order valence-electron chi connectivity index (χ3n) is 5.94. The fourth-order valence-electron chi connectivity index (χ4n) is 4.45. The Hall–Kier alpha value is -1.98. The van der Waals surface area contributed by atoms with Gasteiger partial charge in [-0.1, -0.05) is 30.3 Å². The number of aliphatic hydroxyl groups is 1. The Morgan fingerprint density at radius 1 is 1.15 bits per heavy atom. The lowest BCUT2D eigenvalue weighted by Gasteiger charge is -2.39. The Labute approximate surface area is 161 Å². The molecule has 2 heterocycles. The first kappa shape index (κ1) is 18.4. The molecule has 2 atom stereocenters. The molecule has 2 unspecified atom stereocenters. The van der Waals surface area contributed by atoms with Gasteiger partial charge in [-0.25, -0.2) is 9.97 Å². The van der Waals surface area contributed by atoms with Crippen LogP contribution in [0.25, 0.3) is 0 Å². The lowest BCUT2D eigenvalue weighted by Crippen LogP contribution is -2.48. The lowest BCUT2D eigenvalue weighted by atomic mass is 9.91. The highest BCUT2D eigenvalue weighted by atomic mass is 16.3. The molecule has 2 aromatic rings. The Kier molecular flexibility index (Phi) is 5.69. The van der Waals surface area contributed by atoms with Crippen molar-refractivity contribution in [1.29, 1.82) is 0 Å². The molecular formula is C22H30N4O. The van der Waals surface area contributed by atoms with E-state index < -0.39 is 0 Å². The van der Waals surface area contributed by atoms with Crippen LogP contribution in [0.5, 0.6) is 0 Å². The SMILES string of the molecule is Cc1nc2c(c(NC3CN(Cc4ccccc4)CCC3CO)n1)CCCC2. The maximum Gasteiger partial charge on any atom is 0.133 e. The molecule has 1 fully saturated rings. The molecule has 4 rings (SSSR count). The van der Waals surface area contributed by atoms with Gasteiger partial charge in [0.05, 0.1) is 0 Å². The number of piperidine rings is 1. The zero-order chi connectivity index (χ0) is 18.6. The molecule has 0 spiro atoms. The van der Waals surface area contributed by atoms with Gasteiger partial charge in [-0.05, 0) is 51.1 Å². The van der Waals surface area contributed by atoms with E-state index in [9.17, 15) is 5.11 Å². The first-order valence-corrected chi connectivity index (χ1v) is 10.2. The predicted molar refractivity (Wildman–Crippen MR) is 108 cm³/mol. The fraction of sp³-hybridized carbons (Fsp3) is 0.545. The van der Waals surface area contributed by atoms with Gasteiger partial charge in [-0.3, -0.25) is 4.90 Å². The standard InChI is InChI=1S/C22H30N4O/c1-16-23-20-10-6-5-9-19(20)22(24-16)25-21-14-26(12-11-18(21)15-27)13-17-7-3-2-4-8-17/h2-4,7-8,18,21,27H,5-6,9-15H2,1H3,(H,23,24,25). The highest BCUT2D eigenvalue weighted by Crippen LogP contribution is 2.28. The highest BCUT2D eigenvalue weighted by molar-refractivity contribution is 5.49. The van der Waals surface area contributed by atoms with E-state index in [1.165, 1.54) is 29.7 Å². The summed E-state index contributed by atoms with van der Waals surface area (Å²) in [5, 5.41) is 13.6. The molecule has 1 aliphatic heterocycles. The van der Waals surface area contributed by atoms with Gasteiger partial charge < -0.3 is 10.4 Å². The second kappa shape index (κ2) is 8.36. The Morgan fingerprint density at radius 3 is 2.78 bits per heavy atom. The minimum atomic E-state index is 0.216. The average molecular weight is 367 g/mol. The van der Waals surface area contributed by atoms with Crippen molar-refractivity contribution in [2.45, 2.75) is 51.6 Å². The summed E-state index contributed by atoms with van der Waals surface area (Å²) in [7, 11) is 0. The van der Waals surface area contributed by atoms with Crippen LogP contribution in [-0.4, -0.2) is 45.7 Å². The van der Waals surface area contributed by atoms with Crippen molar-refractivity contribution >= 4 is 5.82 Å². The molecule has 1 saturated heterocycles. The maximum atomic E-state index is 9.92. The third kappa shape index (κ3) is 4.30. The minimum absolute atomic E-state index is 0.216. The number of likely N-dealkylation sites (tertiary alicyclic amines) is 1. The van der Waals surface area contributed by atoms with Gasteiger partial charge >= 0.3 is 0 Å². The molecule has 0 radical (unpaired) electrons. The van der Waals surface area contributed by atoms with E-state index in [1.54, 1.807) is 0 Å². The van der Waals surface area contributed by atoms with Crippen molar-refractivity contribution in [2.24, 2.45) is 5.92 Å². The summed E-state index contributed by atoms with van der Waals surface area (Å²) in [6, 6.07) is 10.8. The number of hydrogen-bond acceptors (Lipinski definition) is 5. The molecule has 144 valence electrons. The summed E-state index contributed by atoms with van der Waals surface area (Å²) in [5.74, 6) is 2.12. The van der Waals surface area contributed by atoms with Crippen LogP contribution in [0.4, 0.5) is 5.82 Å². The van der Waals surface area contributed by atoms with Crippen LogP contribution < -0.4 is 5.32 Å². The molecule has 1 aromatic carbocycles. The first-order chi connectivity index (χ1) is 13.2. The number of rotatable bonds is 5. The molecule has 27 heavy (non-hydrogen) atoms. The fourth-order valence-corrected chi connectivity index (χ4v) is 4.45. The highest BCUT2D eigenvalue weighted by Gasteiger charge is 2.30. The van der Waals surface area contributed by atoms with E-state index in [2.05, 4.69) is 45.5 Å². The van der Waals surface area contributed by atoms with E-state index in [0.29, 0.717) is 0 Å². The topological polar surface area (TPSA) is 61.3 Å². The number of fused-ring (bicyclic) bond motifs is 1. The second-order valence-corrected chi connectivity index (χ2v) is 7.95. The Morgan fingerprint density at radius 2 is 1.96 bits per heavy atom. The van der Waals surface area contributed by atoms with Crippen LogP contribution in [0.2, 0.25) is 0 Å². The van der Waals surface area contributed by atoms with Gasteiger partial charge in [0.15, 0.2) is 0 Å². The molecule has 1 aliphatic carbocycles. The number of anilines is 1. The zero-order valence-corrected chi connectivity index (χ0v) is 16.2. The summed E-state index contributed by atoms with van der Waals surface area (Å²) in [6.45, 7) is 5.12. The summed E-state index contributed by atoms with van der Waals surface area (Å²) < 4.78 is 0. The molecular weight excluding hydrogens is 336 g/mol. The third-order valence-corrected chi connectivity index (χ3v) is 5.94. The number of aromatic nitrogens is 2. The van der Waals surface area contributed by atoms with Gasteiger partial charge in [0.2, 0.25) is 0 Å². The Bertz CT molecular complexity index is 764. The normalized spacial score (nSPS) is 23.0. The molecule has 5 nitrogen and oxygen atoms in total. The minimum Gasteiger partial charge on any atom is -0.396 e. The second-order valence-electron chi connectivity index (χ2n) is 7.95. The molecule has 5 heteroatoms. The van der Waals surface area contributed by atoms with Crippen molar-refractivity contribution in [2.75, 3.05) is 25.0 Å². The maximum absolute atomic E-state index is 9.92. The van der Waals surface area contributed by atoms with E-state index in [-0.39, 0.29) is 18.6 Å². The predicted octanol–water partition coefficient (Wildman–Crippen LogP) is 2.96. The van der Waals surface area contributed by atoms with E-state index in [1.807, 2.05) is 6.92 Å². The molecule has 0 bridgehead atoms. The summed E-state index contributed by atoms with van der Waals surface area (Å²) in [4.78, 5) is 11.9. The quantitative estimate of drug-likeness (QED) is 0.852. The molecule has 1 aromatic heterocycles. The number of benzene rings is 1. The van der Waals surface area contributed by atoms with Crippen LogP contribution in [0, 0.1) is 12.8 Å². The van der Waals surface area contributed by atoms with Crippen molar-refractivity contribution in [3.8, 4) is 0 Å². The number of nitrogens with one attached hydrogen (secondary N) is 1. The average Bonchev–Trinajstić information content (AvgIpc) is 2.69. The first-order valence-electron chi connectivity index (χ1n) is 10.2. The number of aliphatic hydroxyl groups excluding tert-OH is 1. The van der Waals surface area contributed by atoms with E-state index >= 15 is 0 Å². The van der Waals surface area contributed by atoms with E-state index in [4.69, 9.17) is 4.98 Å². The van der Waals surface area contributed by atoms with Crippen LogP contribution in [0.15, 0.2) is 30.3 Å². The smallest absolute Gasteiger partial charge is 0.133 e. The van der Waals surface area contributed by atoms with E-state index in [0.717, 1.165) is 50.5 Å². The van der Waals surface area contributed by atoms with Gasteiger partial charge in [0.1, 0.15) is 11.6 Å². The number of hydrogen-bond donors (Lipinski definition) is 2. The van der Waals surface area contributed by atoms with Crippen molar-refractivity contribution in [3.63, 3.8) is 0 Å². The van der Waals surface area contributed by atoms with Crippen molar-refractivity contribution < 1.29 is 5.11 Å². The van der Waals surface area contributed by atoms with Gasteiger partial charge in [0, 0.05) is 42.9 Å². The lowest BCUT2D eigenvalue weighted by molar-refractivity contribution is 0.114. The van der Waals surface area contributed by atoms with Crippen LogP contribution in [-0.2, 0) is 19.4 Å². The summed E-state index contributed by atoms with van der Waals surface area (Å²) in [6.07, 6.45) is 5.55. The zero-order valence-electron chi connectivity index (χ0n) is 16.2.